The van der Waals surface area contributed by atoms with E-state index in [9.17, 15) is 32.3 Å². The summed E-state index contributed by atoms with van der Waals surface area (Å²) in [7, 11) is 1.64. The second-order valence-electron chi connectivity index (χ2n) is 15.4. The topological polar surface area (TPSA) is 136 Å². The molecular weight excluding hydrogens is 732 g/mol. The van der Waals surface area contributed by atoms with E-state index in [1.807, 2.05) is 23.0 Å². The number of fused-ring (bicyclic) bond motifs is 2. The summed E-state index contributed by atoms with van der Waals surface area (Å²) in [6.45, 7) is 3.59. The van der Waals surface area contributed by atoms with Crippen molar-refractivity contribution in [3.05, 3.63) is 87.7 Å². The van der Waals surface area contributed by atoms with Crippen LogP contribution in [0.2, 0.25) is 0 Å². The van der Waals surface area contributed by atoms with Gasteiger partial charge in [0.1, 0.15) is 23.6 Å². The van der Waals surface area contributed by atoms with Gasteiger partial charge in [-0.3, -0.25) is 33.5 Å². The summed E-state index contributed by atoms with van der Waals surface area (Å²) in [5, 5.41) is 10.6. The van der Waals surface area contributed by atoms with Gasteiger partial charge in [-0.25, -0.2) is 14.2 Å². The lowest BCUT2D eigenvalue weighted by Crippen LogP contribution is -2.44. The number of carbonyl (C=O) groups is 3. The molecule has 3 aromatic heterocycles. The summed E-state index contributed by atoms with van der Waals surface area (Å²) in [5.74, 6) is -1.60. The van der Waals surface area contributed by atoms with Crippen LogP contribution in [0.4, 0.5) is 23.2 Å². The first kappa shape index (κ1) is 37.5. The Hall–Kier alpha value is -5.38. The minimum absolute atomic E-state index is 0.145. The minimum atomic E-state index is -4.66. The summed E-state index contributed by atoms with van der Waals surface area (Å²) in [5.41, 5.74) is 2.04. The Balaban J connectivity index is 0.884. The molecule has 2 N–H and O–H groups in total. The van der Waals surface area contributed by atoms with Crippen molar-refractivity contribution < 1.29 is 31.9 Å². The van der Waals surface area contributed by atoms with Gasteiger partial charge in [-0.05, 0) is 99.4 Å². The van der Waals surface area contributed by atoms with E-state index in [1.165, 1.54) is 15.2 Å². The molecule has 1 aliphatic carbocycles. The zero-order valence-corrected chi connectivity index (χ0v) is 31.0. The number of nitrogens with zero attached hydrogens (tertiary/aromatic N) is 6. The van der Waals surface area contributed by atoms with E-state index in [-0.39, 0.29) is 42.7 Å². The Kier molecular flexibility index (Phi) is 9.79. The van der Waals surface area contributed by atoms with Gasteiger partial charge in [0.05, 0.1) is 22.6 Å². The molecule has 3 fully saturated rings. The summed E-state index contributed by atoms with van der Waals surface area (Å²) >= 11 is 0. The first-order valence-electron chi connectivity index (χ1n) is 19.0. The van der Waals surface area contributed by atoms with E-state index >= 15 is 4.39 Å². The summed E-state index contributed by atoms with van der Waals surface area (Å²) < 4.78 is 60.4. The van der Waals surface area contributed by atoms with Crippen LogP contribution in [0.3, 0.4) is 0 Å². The number of piperidine rings is 2. The Morgan fingerprint density at radius 3 is 2.50 bits per heavy atom. The summed E-state index contributed by atoms with van der Waals surface area (Å²) in [6, 6.07) is 11.7. The summed E-state index contributed by atoms with van der Waals surface area (Å²) in [6.07, 6.45) is 0.813. The average molecular weight is 775 g/mol. The number of rotatable bonds is 7. The first-order chi connectivity index (χ1) is 26.7. The fraction of sp³-hybridized carbons (Fsp3) is 0.450. The molecule has 3 unspecified atom stereocenters. The fourth-order valence-corrected chi connectivity index (χ4v) is 8.86. The van der Waals surface area contributed by atoms with Crippen molar-refractivity contribution in [3.8, 4) is 0 Å². The van der Waals surface area contributed by atoms with E-state index in [4.69, 9.17) is 5.10 Å². The van der Waals surface area contributed by atoms with Gasteiger partial charge in [0.15, 0.2) is 0 Å². The van der Waals surface area contributed by atoms with Crippen LogP contribution in [0.5, 0.6) is 0 Å². The Morgan fingerprint density at radius 1 is 1.00 bits per heavy atom. The Labute approximate surface area is 318 Å². The number of carbonyl (C=O) groups excluding carboxylic acids is 3. The third-order valence-electron chi connectivity index (χ3n) is 11.8. The highest BCUT2D eigenvalue weighted by atomic mass is 19.4. The highest BCUT2D eigenvalue weighted by Gasteiger charge is 2.37. The highest BCUT2D eigenvalue weighted by Crippen LogP contribution is 2.38. The van der Waals surface area contributed by atoms with Crippen LogP contribution in [-0.2, 0) is 22.8 Å². The lowest BCUT2D eigenvalue weighted by Gasteiger charge is -2.38. The van der Waals surface area contributed by atoms with Gasteiger partial charge in [-0.2, -0.15) is 18.3 Å². The molecule has 3 amide bonds. The lowest BCUT2D eigenvalue weighted by atomic mass is 9.83. The normalized spacial score (nSPS) is 23.8. The average Bonchev–Trinajstić information content (AvgIpc) is 3.69. The number of anilines is 1. The number of hydrogen-bond donors (Lipinski definition) is 2. The number of hydrogen-bond acceptors (Lipinski definition) is 7. The van der Waals surface area contributed by atoms with Crippen molar-refractivity contribution in [3.63, 3.8) is 0 Å². The number of aromatic nitrogens is 5. The van der Waals surface area contributed by atoms with E-state index < -0.39 is 41.8 Å². The maximum absolute atomic E-state index is 16.1. The third kappa shape index (κ3) is 7.10. The number of nitrogens with one attached hydrogen (secondary N) is 2. The van der Waals surface area contributed by atoms with Crippen molar-refractivity contribution in [2.24, 2.45) is 13.0 Å². The maximum Gasteiger partial charge on any atom is 0.433 e. The number of halogens is 4. The van der Waals surface area contributed by atoms with Crippen LogP contribution in [0.1, 0.15) is 90.3 Å². The molecule has 294 valence electrons. The van der Waals surface area contributed by atoms with Gasteiger partial charge in [-0.15, -0.1) is 0 Å². The van der Waals surface area contributed by atoms with Gasteiger partial charge in [-0.1, -0.05) is 18.2 Å². The number of pyridine rings is 1. The quantitative estimate of drug-likeness (QED) is 0.149. The van der Waals surface area contributed by atoms with Crippen molar-refractivity contribution in [1.29, 1.82) is 0 Å². The molecule has 0 spiro atoms. The van der Waals surface area contributed by atoms with Crippen molar-refractivity contribution in [2.45, 2.75) is 82.2 Å². The smallest absolute Gasteiger partial charge is 0.320 e. The van der Waals surface area contributed by atoms with Crippen LogP contribution in [-0.4, -0.2) is 72.3 Å². The van der Waals surface area contributed by atoms with Gasteiger partial charge in [0.2, 0.25) is 11.8 Å². The molecule has 16 heteroatoms. The Morgan fingerprint density at radius 2 is 1.77 bits per heavy atom. The highest BCUT2D eigenvalue weighted by molar-refractivity contribution is 6.04. The molecule has 0 radical (unpaired) electrons. The second-order valence-corrected chi connectivity index (χ2v) is 15.4. The predicted octanol–water partition coefficient (Wildman–Crippen LogP) is 6.20. The van der Waals surface area contributed by atoms with Gasteiger partial charge in [0.25, 0.3) is 5.91 Å². The standard InChI is InChI=1S/C40H42F4N8O4/c1-22-17-31-24(18-30(22)46-37(54)29-6-4-8-34(45-29)40(42,43)44)20-51(48-31)25-11-9-23(10-12-25)19-50-16-15-26(28(41)21-50)27-5-3-7-32-36(27)49(2)39(56)52(32)33-13-14-35(53)47-38(33)55/h3-8,17-18,20,23,25-26,28,33H,9-16,19,21H2,1-2H3,(H,46,54)(H,47,53,55). The Bertz CT molecular complexity index is 2410. The monoisotopic (exact) mass is 774 g/mol. The number of alkyl halides is 4. The molecule has 3 aliphatic rings. The SMILES string of the molecule is Cc1cc2nn(C3CCC(CN4CCC(c5cccc6c5n(C)c(=O)n6C5CCC(=O)NC5=O)C(F)C4)CC3)cc2cc1NC(=O)c1cccc(C(F)(F)F)n1. The van der Waals surface area contributed by atoms with Crippen molar-refractivity contribution >= 4 is 45.3 Å². The zero-order valence-electron chi connectivity index (χ0n) is 31.0. The van der Waals surface area contributed by atoms with E-state index in [1.54, 1.807) is 32.2 Å². The molecule has 2 saturated heterocycles. The van der Waals surface area contributed by atoms with Crippen molar-refractivity contribution in [2.75, 3.05) is 25.0 Å². The molecule has 56 heavy (non-hydrogen) atoms. The number of imide groups is 1. The molecule has 0 bridgehead atoms. The van der Waals surface area contributed by atoms with E-state index in [2.05, 4.69) is 20.5 Å². The molecule has 5 aromatic rings. The van der Waals surface area contributed by atoms with Gasteiger partial charge >= 0.3 is 11.9 Å². The molecule has 5 heterocycles. The molecule has 3 atom stereocenters. The largest absolute Gasteiger partial charge is 0.433 e. The number of aryl methyl sites for hydroxylation is 2. The number of benzene rings is 2. The number of para-hydroxylation sites is 1. The number of likely N-dealkylation sites (tertiary alicyclic amines) is 1. The summed E-state index contributed by atoms with van der Waals surface area (Å²) in [4.78, 5) is 56.4. The lowest BCUT2D eigenvalue weighted by molar-refractivity contribution is -0.141. The molecule has 2 aliphatic heterocycles. The van der Waals surface area contributed by atoms with Crippen LogP contribution < -0.4 is 16.3 Å². The zero-order chi connectivity index (χ0) is 39.5. The number of amides is 3. The molecular formula is C40H42F4N8O4. The minimum Gasteiger partial charge on any atom is -0.320 e. The number of imidazole rings is 1. The van der Waals surface area contributed by atoms with E-state index in [0.29, 0.717) is 34.6 Å². The predicted molar refractivity (Wildman–Crippen MR) is 200 cm³/mol. The second kappa shape index (κ2) is 14.6. The third-order valence-corrected chi connectivity index (χ3v) is 11.8. The van der Waals surface area contributed by atoms with Crippen molar-refractivity contribution in [1.82, 2.24) is 34.1 Å². The van der Waals surface area contributed by atoms with Crippen LogP contribution in [0.15, 0.2) is 59.5 Å². The molecule has 12 nitrogen and oxygen atoms in total. The molecule has 2 aromatic carbocycles. The van der Waals surface area contributed by atoms with Gasteiger partial charge < -0.3 is 10.2 Å². The van der Waals surface area contributed by atoms with E-state index in [0.717, 1.165) is 67.4 Å². The van der Waals surface area contributed by atoms with Crippen LogP contribution in [0, 0.1) is 12.8 Å². The maximum atomic E-state index is 16.1. The van der Waals surface area contributed by atoms with Gasteiger partial charge in [0, 0.05) is 49.7 Å². The first-order valence-corrected chi connectivity index (χ1v) is 19.0. The van der Waals surface area contributed by atoms with Crippen LogP contribution in [0.25, 0.3) is 21.9 Å². The van der Waals surface area contributed by atoms with Crippen LogP contribution >= 0.6 is 0 Å². The molecule has 1 saturated carbocycles. The fourth-order valence-electron chi connectivity index (χ4n) is 8.86. The molecule has 8 rings (SSSR count).